The van der Waals surface area contributed by atoms with Crippen LogP contribution >= 0.6 is 11.6 Å². The summed E-state index contributed by atoms with van der Waals surface area (Å²) in [5, 5.41) is 1.77. The lowest BCUT2D eigenvalue weighted by atomic mass is 10.2. The normalized spacial score (nSPS) is 17.1. The average Bonchev–Trinajstić information content (AvgIpc) is 2.81. The number of aromatic nitrogens is 1. The van der Waals surface area contributed by atoms with Gasteiger partial charge >= 0.3 is 0 Å². The van der Waals surface area contributed by atoms with E-state index in [1.165, 1.54) is 0 Å². The molecule has 0 saturated carbocycles. The van der Waals surface area contributed by atoms with E-state index in [4.69, 9.17) is 22.1 Å². The molecule has 1 aromatic heterocycles. The topological polar surface area (TPSA) is 43.4 Å². The zero-order chi connectivity index (χ0) is 13.2. The number of rotatable bonds is 3. The Balaban J connectivity index is 1.77. The molecule has 1 aliphatic heterocycles. The smallest absolute Gasteiger partial charge is 0.0594 e. The molecule has 0 bridgehead atoms. The maximum absolute atomic E-state index is 6.08. The fourth-order valence-electron chi connectivity index (χ4n) is 2.56. The first-order valence-electron chi connectivity index (χ1n) is 6.58. The van der Waals surface area contributed by atoms with E-state index in [0.29, 0.717) is 5.02 Å². The number of morpholine rings is 1. The summed E-state index contributed by atoms with van der Waals surface area (Å²) in [6.07, 6.45) is 2.08. The molecule has 0 unspecified atom stereocenters. The third-order valence-corrected chi connectivity index (χ3v) is 3.86. The average molecular weight is 280 g/mol. The Morgan fingerprint density at radius 1 is 1.21 bits per heavy atom. The molecule has 3 rings (SSSR count). The first-order chi connectivity index (χ1) is 9.24. The summed E-state index contributed by atoms with van der Waals surface area (Å²) in [6.45, 7) is 5.68. The molecule has 0 spiro atoms. The predicted molar refractivity (Wildman–Crippen MR) is 78.6 cm³/mol. The van der Waals surface area contributed by atoms with Crippen molar-refractivity contribution in [2.45, 2.75) is 6.54 Å². The highest BCUT2D eigenvalue weighted by molar-refractivity contribution is 6.31. The van der Waals surface area contributed by atoms with Crippen LogP contribution in [0.1, 0.15) is 0 Å². The molecule has 102 valence electrons. The van der Waals surface area contributed by atoms with Gasteiger partial charge in [0.1, 0.15) is 0 Å². The first-order valence-corrected chi connectivity index (χ1v) is 6.96. The Kier molecular flexibility index (Phi) is 3.64. The van der Waals surface area contributed by atoms with Crippen LogP contribution in [0.3, 0.4) is 0 Å². The Bertz CT molecular complexity index is 575. The molecule has 0 radical (unpaired) electrons. The Hall–Kier alpha value is -1.23. The van der Waals surface area contributed by atoms with E-state index in [1.54, 1.807) is 6.07 Å². The molecule has 0 atom stereocenters. The monoisotopic (exact) mass is 279 g/mol. The molecule has 2 heterocycles. The lowest BCUT2D eigenvalue weighted by Gasteiger charge is -2.26. The maximum Gasteiger partial charge on any atom is 0.0594 e. The van der Waals surface area contributed by atoms with E-state index in [1.807, 2.05) is 6.07 Å². The standard InChI is InChI=1S/C14H18ClN3O/c15-11-9-13(16)12-1-2-18(14(12)10-11)4-3-17-5-7-19-8-6-17/h1-2,9-10H,3-8,16H2. The van der Waals surface area contributed by atoms with Gasteiger partial charge in [0.2, 0.25) is 0 Å². The summed E-state index contributed by atoms with van der Waals surface area (Å²) in [7, 11) is 0. The third kappa shape index (κ3) is 2.71. The van der Waals surface area contributed by atoms with Crippen molar-refractivity contribution in [3.63, 3.8) is 0 Å². The molecule has 2 N–H and O–H groups in total. The quantitative estimate of drug-likeness (QED) is 0.876. The lowest BCUT2D eigenvalue weighted by molar-refractivity contribution is 0.0365. The largest absolute Gasteiger partial charge is 0.398 e. The molecule has 0 amide bonds. The number of nitrogens with two attached hydrogens (primary N) is 1. The summed E-state index contributed by atoms with van der Waals surface area (Å²) >= 11 is 6.08. The van der Waals surface area contributed by atoms with Crippen molar-refractivity contribution in [1.82, 2.24) is 9.47 Å². The van der Waals surface area contributed by atoms with E-state index in [9.17, 15) is 0 Å². The van der Waals surface area contributed by atoms with Crippen LogP contribution in [0.5, 0.6) is 0 Å². The van der Waals surface area contributed by atoms with Gasteiger partial charge in [0, 0.05) is 48.5 Å². The highest BCUT2D eigenvalue weighted by Gasteiger charge is 2.11. The van der Waals surface area contributed by atoms with Crippen LogP contribution in [-0.2, 0) is 11.3 Å². The Morgan fingerprint density at radius 3 is 2.79 bits per heavy atom. The summed E-state index contributed by atoms with van der Waals surface area (Å²) in [4.78, 5) is 2.42. The lowest BCUT2D eigenvalue weighted by Crippen LogP contribution is -2.38. The van der Waals surface area contributed by atoms with Crippen LogP contribution in [0.4, 0.5) is 5.69 Å². The number of halogens is 1. The molecule has 1 aliphatic rings. The summed E-state index contributed by atoms with van der Waals surface area (Å²) in [5.74, 6) is 0. The number of hydrogen-bond acceptors (Lipinski definition) is 3. The third-order valence-electron chi connectivity index (χ3n) is 3.65. The van der Waals surface area contributed by atoms with Gasteiger partial charge in [-0.15, -0.1) is 0 Å². The molecular weight excluding hydrogens is 262 g/mol. The number of nitrogen functional groups attached to an aromatic ring is 1. The van der Waals surface area contributed by atoms with E-state index in [-0.39, 0.29) is 0 Å². The van der Waals surface area contributed by atoms with Crippen molar-refractivity contribution in [3.8, 4) is 0 Å². The van der Waals surface area contributed by atoms with Crippen LogP contribution in [0.2, 0.25) is 5.02 Å². The Morgan fingerprint density at radius 2 is 2.00 bits per heavy atom. The van der Waals surface area contributed by atoms with E-state index in [0.717, 1.165) is 56.0 Å². The molecule has 1 saturated heterocycles. The number of benzene rings is 1. The van der Waals surface area contributed by atoms with Crippen LogP contribution in [0, 0.1) is 0 Å². The fraction of sp³-hybridized carbons (Fsp3) is 0.429. The highest BCUT2D eigenvalue weighted by atomic mass is 35.5. The zero-order valence-corrected chi connectivity index (χ0v) is 11.6. The van der Waals surface area contributed by atoms with Crippen molar-refractivity contribution in [1.29, 1.82) is 0 Å². The summed E-state index contributed by atoms with van der Waals surface area (Å²) < 4.78 is 7.57. The van der Waals surface area contributed by atoms with E-state index >= 15 is 0 Å². The van der Waals surface area contributed by atoms with E-state index < -0.39 is 0 Å². The van der Waals surface area contributed by atoms with Crippen LogP contribution in [0.25, 0.3) is 10.9 Å². The zero-order valence-electron chi connectivity index (χ0n) is 10.8. The van der Waals surface area contributed by atoms with Gasteiger partial charge in [0.25, 0.3) is 0 Å². The number of ether oxygens (including phenoxy) is 1. The van der Waals surface area contributed by atoms with Gasteiger partial charge < -0.3 is 15.0 Å². The number of anilines is 1. The van der Waals surface area contributed by atoms with Crippen molar-refractivity contribution in [2.75, 3.05) is 38.6 Å². The van der Waals surface area contributed by atoms with Crippen molar-refractivity contribution < 1.29 is 4.74 Å². The number of nitrogens with zero attached hydrogens (tertiary/aromatic N) is 2. The van der Waals surface area contributed by atoms with Crippen LogP contribution in [-0.4, -0.2) is 42.3 Å². The molecular formula is C14H18ClN3O. The SMILES string of the molecule is Nc1cc(Cl)cc2c1ccn2CCN1CCOCC1. The predicted octanol–water partition coefficient (Wildman–Crippen LogP) is 2.21. The first kappa shape index (κ1) is 12.8. The van der Waals surface area contributed by atoms with Gasteiger partial charge in [-0.05, 0) is 18.2 Å². The molecule has 4 nitrogen and oxygen atoms in total. The molecule has 5 heteroatoms. The minimum absolute atomic E-state index is 0.691. The second-order valence-electron chi connectivity index (χ2n) is 4.89. The highest BCUT2D eigenvalue weighted by Crippen LogP contribution is 2.26. The van der Waals surface area contributed by atoms with Crippen molar-refractivity contribution in [2.24, 2.45) is 0 Å². The fourth-order valence-corrected chi connectivity index (χ4v) is 2.78. The number of hydrogen-bond donors (Lipinski definition) is 1. The Labute approximate surface area is 117 Å². The molecule has 1 aromatic carbocycles. The second kappa shape index (κ2) is 5.41. The van der Waals surface area contributed by atoms with Gasteiger partial charge in [-0.2, -0.15) is 0 Å². The van der Waals surface area contributed by atoms with Crippen LogP contribution < -0.4 is 5.73 Å². The maximum atomic E-state index is 6.08. The van der Waals surface area contributed by atoms with Crippen molar-refractivity contribution in [3.05, 3.63) is 29.4 Å². The number of fused-ring (bicyclic) bond motifs is 1. The van der Waals surface area contributed by atoms with E-state index in [2.05, 4.69) is 21.7 Å². The molecule has 2 aromatic rings. The second-order valence-corrected chi connectivity index (χ2v) is 5.33. The van der Waals surface area contributed by atoms with Gasteiger partial charge in [0.15, 0.2) is 0 Å². The molecule has 1 fully saturated rings. The van der Waals surface area contributed by atoms with Crippen molar-refractivity contribution >= 4 is 28.2 Å². The molecule has 19 heavy (non-hydrogen) atoms. The molecule has 0 aliphatic carbocycles. The summed E-state index contributed by atoms with van der Waals surface area (Å²) in [6, 6.07) is 5.84. The van der Waals surface area contributed by atoms with Gasteiger partial charge in [-0.1, -0.05) is 11.6 Å². The minimum Gasteiger partial charge on any atom is -0.398 e. The van der Waals surface area contributed by atoms with Gasteiger partial charge in [-0.3, -0.25) is 4.90 Å². The van der Waals surface area contributed by atoms with Crippen LogP contribution in [0.15, 0.2) is 24.4 Å². The van der Waals surface area contributed by atoms with Gasteiger partial charge in [-0.25, -0.2) is 0 Å². The summed E-state index contributed by atoms with van der Waals surface area (Å²) in [5.41, 5.74) is 7.84. The van der Waals surface area contributed by atoms with Gasteiger partial charge in [0.05, 0.1) is 18.7 Å². The minimum atomic E-state index is 0.691.